The Bertz CT molecular complexity index is 3180. The van der Waals surface area contributed by atoms with Crippen LogP contribution in [-0.2, 0) is 79.2 Å². The molecule has 17 nitrogen and oxygen atoms in total. The summed E-state index contributed by atoms with van der Waals surface area (Å²) in [5.41, 5.74) is 5.20. The summed E-state index contributed by atoms with van der Waals surface area (Å²) in [5, 5.41) is 21.2. The van der Waals surface area contributed by atoms with Crippen molar-refractivity contribution < 1.29 is 62.3 Å². The number of ether oxygens (including phenoxy) is 6. The SMILES string of the molecule is CC(C)(C)OC(=O)N[C@@H](CCCNC(=O)OCc1ccccc1)C(=O)N[C@H](Cc1cc(-c2ccc(OCc3ccccc3)c(C[C@H](NC(=O)OCc3ccccc3)C(=O)O)c2)ccc1OCc1ccccc1)C(=O)OCc1ccccc1. The molecular weight excluding hydrogens is 1040 g/mol. The molecule has 0 aliphatic rings. The fourth-order valence-corrected chi connectivity index (χ4v) is 8.42. The van der Waals surface area contributed by atoms with E-state index in [1.165, 1.54) is 0 Å². The van der Waals surface area contributed by atoms with Crippen LogP contribution in [0.5, 0.6) is 11.5 Å². The van der Waals surface area contributed by atoms with Crippen molar-refractivity contribution in [2.45, 2.75) is 103 Å². The summed E-state index contributed by atoms with van der Waals surface area (Å²) in [4.78, 5) is 80.9. The Hall–Kier alpha value is -9.64. The monoisotopic (exact) mass is 1110 g/mol. The topological polar surface area (TPSA) is 226 Å². The zero-order chi connectivity index (χ0) is 58.1. The zero-order valence-corrected chi connectivity index (χ0v) is 46.0. The van der Waals surface area contributed by atoms with Crippen molar-refractivity contribution in [2.24, 2.45) is 0 Å². The summed E-state index contributed by atoms with van der Waals surface area (Å²) in [6, 6.07) is 52.8. The lowest BCUT2D eigenvalue weighted by molar-refractivity contribution is -0.149. The van der Waals surface area contributed by atoms with E-state index in [2.05, 4.69) is 21.3 Å². The van der Waals surface area contributed by atoms with E-state index >= 15 is 0 Å². The molecule has 426 valence electrons. The van der Waals surface area contributed by atoms with Gasteiger partial charge in [0.05, 0.1) is 0 Å². The third-order valence-electron chi connectivity index (χ3n) is 12.6. The van der Waals surface area contributed by atoms with Gasteiger partial charge in [-0.05, 0) is 108 Å². The van der Waals surface area contributed by atoms with Gasteiger partial charge in [-0.25, -0.2) is 24.0 Å². The first-order chi connectivity index (χ1) is 39.6. The molecular formula is C65H68N4O13. The second-order valence-corrected chi connectivity index (χ2v) is 20.2. The third kappa shape index (κ3) is 20.2. The highest BCUT2D eigenvalue weighted by Gasteiger charge is 2.31. The molecule has 0 aromatic heterocycles. The molecule has 0 unspecified atom stereocenters. The summed E-state index contributed by atoms with van der Waals surface area (Å²) in [6.45, 7) is 5.31. The number of esters is 1. The van der Waals surface area contributed by atoms with E-state index in [1.807, 2.05) is 127 Å². The highest BCUT2D eigenvalue weighted by atomic mass is 16.6. The second kappa shape index (κ2) is 30.6. The number of hydrogen-bond donors (Lipinski definition) is 5. The van der Waals surface area contributed by atoms with Crippen LogP contribution in [0.3, 0.4) is 0 Å². The number of carboxylic acid groups (broad SMARTS) is 1. The molecule has 0 saturated carbocycles. The van der Waals surface area contributed by atoms with Gasteiger partial charge in [-0.3, -0.25) is 4.79 Å². The Balaban J connectivity index is 1.19. The minimum atomic E-state index is -1.43. The highest BCUT2D eigenvalue weighted by Crippen LogP contribution is 2.33. The molecule has 0 aliphatic heterocycles. The van der Waals surface area contributed by atoms with Crippen LogP contribution in [0, 0.1) is 0 Å². The average molecular weight is 1110 g/mol. The predicted octanol–water partition coefficient (Wildman–Crippen LogP) is 10.8. The standard InChI is InChI=1S/C65H68N4O13/c1-65(2,3)82-64(76)68-54(30-19-35-66-62(74)80-43-48-26-15-7-16-27-48)59(70)67-56(61(73)79-42-47-24-13-6-14-25-47)39-53-37-51(32-34-58(53)78-41-46-22-11-5-12-23-46)50-31-33-57(77-40-45-20-9-4-10-21-45)52(36-50)38-55(60(71)72)69-63(75)81-44-49-28-17-8-18-29-49/h4-18,20-29,31-34,36-37,54-56H,19,30,35,38-44H2,1-3H3,(H,66,74)(H,67,70)(H,68,76)(H,69,75)(H,71,72)/t54-,55-,56+/m0/s1. The first-order valence-corrected chi connectivity index (χ1v) is 26.9. The maximum absolute atomic E-state index is 14.6. The molecule has 82 heavy (non-hydrogen) atoms. The molecule has 7 aromatic carbocycles. The first kappa shape index (κ1) is 60.0. The number of rotatable bonds is 27. The number of carboxylic acids is 1. The fraction of sp³-hybridized carbons (Fsp3) is 0.262. The van der Waals surface area contributed by atoms with Crippen LogP contribution < -0.4 is 30.7 Å². The third-order valence-corrected chi connectivity index (χ3v) is 12.6. The number of carbonyl (C=O) groups excluding carboxylic acids is 5. The van der Waals surface area contributed by atoms with Crippen molar-refractivity contribution in [3.63, 3.8) is 0 Å². The van der Waals surface area contributed by atoms with Gasteiger partial charge in [0.1, 0.15) is 68.3 Å². The lowest BCUT2D eigenvalue weighted by Gasteiger charge is -2.25. The predicted molar refractivity (Wildman–Crippen MR) is 307 cm³/mol. The van der Waals surface area contributed by atoms with Crippen LogP contribution in [0.15, 0.2) is 188 Å². The van der Waals surface area contributed by atoms with Gasteiger partial charge in [-0.1, -0.05) is 164 Å². The lowest BCUT2D eigenvalue weighted by Crippen LogP contribution is -2.53. The van der Waals surface area contributed by atoms with Gasteiger partial charge in [0, 0.05) is 19.4 Å². The quantitative estimate of drug-likeness (QED) is 0.0184. The lowest BCUT2D eigenvalue weighted by atomic mass is 9.95. The van der Waals surface area contributed by atoms with Crippen LogP contribution in [0.1, 0.15) is 72.6 Å². The fourth-order valence-electron chi connectivity index (χ4n) is 8.42. The number of carbonyl (C=O) groups is 6. The van der Waals surface area contributed by atoms with Gasteiger partial charge >= 0.3 is 30.2 Å². The molecule has 4 amide bonds. The Labute approximate surface area is 477 Å². The van der Waals surface area contributed by atoms with Crippen molar-refractivity contribution in [3.05, 3.63) is 227 Å². The summed E-state index contributed by atoms with van der Waals surface area (Å²) in [7, 11) is 0. The zero-order valence-electron chi connectivity index (χ0n) is 46.0. The maximum Gasteiger partial charge on any atom is 0.408 e. The second-order valence-electron chi connectivity index (χ2n) is 20.2. The number of amides is 4. The van der Waals surface area contributed by atoms with Gasteiger partial charge in [-0.15, -0.1) is 0 Å². The number of alkyl carbamates (subject to hydrolysis) is 3. The van der Waals surface area contributed by atoms with E-state index in [0.29, 0.717) is 39.3 Å². The number of hydrogen-bond acceptors (Lipinski definition) is 12. The molecule has 5 N–H and O–H groups in total. The largest absolute Gasteiger partial charge is 0.489 e. The molecule has 0 heterocycles. The van der Waals surface area contributed by atoms with Crippen LogP contribution in [0.25, 0.3) is 11.1 Å². The highest BCUT2D eigenvalue weighted by molar-refractivity contribution is 5.90. The first-order valence-electron chi connectivity index (χ1n) is 26.9. The minimum Gasteiger partial charge on any atom is -0.489 e. The smallest absolute Gasteiger partial charge is 0.408 e. The normalized spacial score (nSPS) is 12.0. The number of benzene rings is 7. The van der Waals surface area contributed by atoms with Crippen molar-refractivity contribution in [1.82, 2.24) is 21.3 Å². The van der Waals surface area contributed by atoms with Crippen LogP contribution in [0.2, 0.25) is 0 Å². The van der Waals surface area contributed by atoms with E-state index in [1.54, 1.807) is 81.4 Å². The van der Waals surface area contributed by atoms with Crippen LogP contribution >= 0.6 is 0 Å². The van der Waals surface area contributed by atoms with Crippen LogP contribution in [0.4, 0.5) is 14.4 Å². The molecule has 0 fully saturated rings. The van der Waals surface area contributed by atoms with Gasteiger partial charge < -0.3 is 54.8 Å². The molecule has 17 heteroatoms. The maximum atomic E-state index is 14.6. The van der Waals surface area contributed by atoms with Crippen LogP contribution in [-0.4, -0.2) is 71.5 Å². The van der Waals surface area contributed by atoms with Crippen molar-refractivity contribution in [2.75, 3.05) is 6.54 Å². The van der Waals surface area contributed by atoms with E-state index in [-0.39, 0.29) is 65.3 Å². The van der Waals surface area contributed by atoms with E-state index in [4.69, 9.17) is 28.4 Å². The summed E-state index contributed by atoms with van der Waals surface area (Å²) in [6.07, 6.45) is -2.62. The minimum absolute atomic E-state index is 0.0112. The molecule has 3 atom stereocenters. The van der Waals surface area contributed by atoms with Gasteiger partial charge in [0.25, 0.3) is 0 Å². The van der Waals surface area contributed by atoms with Gasteiger partial charge in [-0.2, -0.15) is 0 Å². The average Bonchev–Trinajstić information content (AvgIpc) is 3.48. The summed E-state index contributed by atoms with van der Waals surface area (Å²) >= 11 is 0. The Morgan fingerprint density at radius 2 is 0.854 bits per heavy atom. The molecule has 0 saturated heterocycles. The van der Waals surface area contributed by atoms with Crippen molar-refractivity contribution in [3.8, 4) is 22.6 Å². The molecule has 7 aromatic rings. The molecule has 0 bridgehead atoms. The Morgan fingerprint density at radius 1 is 0.451 bits per heavy atom. The Morgan fingerprint density at radius 3 is 1.29 bits per heavy atom. The van der Waals surface area contributed by atoms with E-state index in [9.17, 15) is 33.9 Å². The van der Waals surface area contributed by atoms with Crippen molar-refractivity contribution in [1.29, 1.82) is 0 Å². The Kier molecular flexibility index (Phi) is 22.4. The molecule has 7 rings (SSSR count). The number of nitrogens with one attached hydrogen (secondary N) is 4. The van der Waals surface area contributed by atoms with Crippen molar-refractivity contribution >= 4 is 36.1 Å². The molecule has 0 aliphatic carbocycles. The number of aliphatic carboxylic acids is 1. The molecule has 0 radical (unpaired) electrons. The van der Waals surface area contributed by atoms with Gasteiger partial charge in [0.2, 0.25) is 5.91 Å². The van der Waals surface area contributed by atoms with Gasteiger partial charge in [0.15, 0.2) is 0 Å². The van der Waals surface area contributed by atoms with E-state index in [0.717, 1.165) is 22.3 Å². The molecule has 0 spiro atoms. The summed E-state index contributed by atoms with van der Waals surface area (Å²) in [5.74, 6) is -2.07. The van der Waals surface area contributed by atoms with E-state index < -0.39 is 59.9 Å². The summed E-state index contributed by atoms with van der Waals surface area (Å²) < 4.78 is 35.0.